The third-order valence-electron chi connectivity index (χ3n) is 5.96. The summed E-state index contributed by atoms with van der Waals surface area (Å²) < 4.78 is 6.34. The lowest BCUT2D eigenvalue weighted by atomic mass is 9.82. The first-order valence-electron chi connectivity index (χ1n) is 10.0. The van der Waals surface area contributed by atoms with Crippen molar-refractivity contribution in [3.05, 3.63) is 56.8 Å². The number of nitrogens with one attached hydrogen (secondary N) is 1. The molecule has 0 atom stereocenters. The SMILES string of the molecule is CSCc1nc(C(=O)N2CCC3(CC2)CC(=O)c2cc(C)c(C)cc2O3)cc(=O)[nH]1. The summed E-state index contributed by atoms with van der Waals surface area (Å²) in [6.45, 7) is 4.91. The van der Waals surface area contributed by atoms with E-state index in [0.717, 1.165) is 11.1 Å². The molecule has 7 nitrogen and oxygen atoms in total. The number of amides is 1. The molecule has 3 heterocycles. The fourth-order valence-electron chi connectivity index (χ4n) is 4.13. The average molecular weight is 428 g/mol. The van der Waals surface area contributed by atoms with Crippen molar-refractivity contribution in [1.82, 2.24) is 14.9 Å². The number of aromatic amines is 1. The average Bonchev–Trinajstić information content (AvgIpc) is 2.69. The highest BCUT2D eigenvalue weighted by atomic mass is 32.2. The Balaban J connectivity index is 1.50. The van der Waals surface area contributed by atoms with Gasteiger partial charge in [0.05, 0.1) is 17.7 Å². The first-order chi connectivity index (χ1) is 14.3. The molecule has 2 aliphatic rings. The van der Waals surface area contributed by atoms with Crippen LogP contribution < -0.4 is 10.3 Å². The number of nitrogens with zero attached hydrogens (tertiary/aromatic N) is 2. The van der Waals surface area contributed by atoms with Gasteiger partial charge in [0.1, 0.15) is 22.9 Å². The molecule has 2 aliphatic heterocycles. The number of rotatable bonds is 3. The van der Waals surface area contributed by atoms with E-state index in [2.05, 4.69) is 9.97 Å². The summed E-state index contributed by atoms with van der Waals surface area (Å²) >= 11 is 1.52. The number of hydrogen-bond acceptors (Lipinski definition) is 6. The number of H-pyrrole nitrogens is 1. The van der Waals surface area contributed by atoms with Gasteiger partial charge in [-0.05, 0) is 43.4 Å². The highest BCUT2D eigenvalue weighted by molar-refractivity contribution is 7.97. The highest BCUT2D eigenvalue weighted by Gasteiger charge is 2.44. The largest absolute Gasteiger partial charge is 0.486 e. The molecule has 0 aliphatic carbocycles. The van der Waals surface area contributed by atoms with Crippen molar-refractivity contribution in [2.24, 2.45) is 0 Å². The molecule has 0 saturated carbocycles. The van der Waals surface area contributed by atoms with Crippen LogP contribution in [0.1, 0.15) is 57.1 Å². The van der Waals surface area contributed by atoms with Crippen LogP contribution in [0.15, 0.2) is 23.0 Å². The first-order valence-corrected chi connectivity index (χ1v) is 11.4. The number of carbonyl (C=O) groups is 2. The minimum absolute atomic E-state index is 0.0945. The molecule has 8 heteroatoms. The molecule has 158 valence electrons. The van der Waals surface area contributed by atoms with Crippen LogP contribution in [0.25, 0.3) is 0 Å². The van der Waals surface area contributed by atoms with E-state index < -0.39 is 5.60 Å². The first kappa shape index (κ1) is 20.7. The third-order valence-corrected chi connectivity index (χ3v) is 6.52. The van der Waals surface area contributed by atoms with Crippen molar-refractivity contribution in [3.63, 3.8) is 0 Å². The van der Waals surface area contributed by atoms with Gasteiger partial charge in [-0.15, -0.1) is 0 Å². The number of likely N-dealkylation sites (tertiary alicyclic amines) is 1. The smallest absolute Gasteiger partial charge is 0.272 e. The maximum atomic E-state index is 12.9. The summed E-state index contributed by atoms with van der Waals surface area (Å²) in [5.41, 5.74) is 2.08. The van der Waals surface area contributed by atoms with E-state index in [1.54, 1.807) is 4.90 Å². The molecule has 1 spiro atoms. The van der Waals surface area contributed by atoms with Crippen LogP contribution in [-0.4, -0.2) is 51.5 Å². The van der Waals surface area contributed by atoms with E-state index in [1.165, 1.54) is 17.8 Å². The minimum atomic E-state index is -0.575. The molecular weight excluding hydrogens is 402 g/mol. The zero-order chi connectivity index (χ0) is 21.5. The van der Waals surface area contributed by atoms with Gasteiger partial charge >= 0.3 is 0 Å². The van der Waals surface area contributed by atoms with Crippen LogP contribution in [0.4, 0.5) is 0 Å². The van der Waals surface area contributed by atoms with Crippen molar-refractivity contribution < 1.29 is 14.3 Å². The fraction of sp³-hybridized carbons (Fsp3) is 0.455. The number of piperidine rings is 1. The van der Waals surface area contributed by atoms with E-state index in [1.807, 2.05) is 32.2 Å². The number of carbonyl (C=O) groups excluding carboxylic acids is 2. The van der Waals surface area contributed by atoms with Crippen LogP contribution in [-0.2, 0) is 5.75 Å². The van der Waals surface area contributed by atoms with Gasteiger partial charge in [0.2, 0.25) is 0 Å². The second kappa shape index (κ2) is 7.91. The van der Waals surface area contributed by atoms with E-state index in [-0.39, 0.29) is 22.9 Å². The Morgan fingerprint density at radius 1 is 1.20 bits per heavy atom. The molecule has 1 N–H and O–H groups in total. The number of fused-ring (bicyclic) bond motifs is 1. The van der Waals surface area contributed by atoms with Crippen molar-refractivity contribution in [1.29, 1.82) is 0 Å². The molecular formula is C22H25N3O4S. The van der Waals surface area contributed by atoms with Gasteiger partial charge in [-0.3, -0.25) is 14.4 Å². The van der Waals surface area contributed by atoms with Gasteiger partial charge in [0.15, 0.2) is 5.78 Å². The van der Waals surface area contributed by atoms with E-state index in [0.29, 0.717) is 55.2 Å². The maximum Gasteiger partial charge on any atom is 0.272 e. The van der Waals surface area contributed by atoms with Crippen LogP contribution >= 0.6 is 11.8 Å². The van der Waals surface area contributed by atoms with Crippen molar-refractivity contribution in [2.45, 2.75) is 44.5 Å². The number of aryl methyl sites for hydroxylation is 2. The van der Waals surface area contributed by atoms with Gasteiger partial charge in [0, 0.05) is 32.0 Å². The summed E-state index contributed by atoms with van der Waals surface area (Å²) in [6, 6.07) is 5.09. The zero-order valence-corrected chi connectivity index (χ0v) is 18.2. The summed E-state index contributed by atoms with van der Waals surface area (Å²) in [7, 11) is 0. The highest BCUT2D eigenvalue weighted by Crippen LogP contribution is 2.40. The third kappa shape index (κ3) is 3.88. The Bertz CT molecular complexity index is 1070. The number of ether oxygens (including phenoxy) is 1. The predicted octanol–water partition coefficient (Wildman–Crippen LogP) is 2.89. The van der Waals surface area contributed by atoms with Gasteiger partial charge in [-0.25, -0.2) is 4.98 Å². The van der Waals surface area contributed by atoms with Gasteiger partial charge in [-0.2, -0.15) is 11.8 Å². The summed E-state index contributed by atoms with van der Waals surface area (Å²) in [5.74, 6) is 1.51. The predicted molar refractivity (Wildman–Crippen MR) is 115 cm³/mol. The van der Waals surface area contributed by atoms with Crippen LogP contribution in [0.5, 0.6) is 5.75 Å². The lowest BCUT2D eigenvalue weighted by Crippen LogP contribution is -2.52. The Morgan fingerprint density at radius 2 is 1.90 bits per heavy atom. The van der Waals surface area contributed by atoms with Crippen LogP contribution in [0.3, 0.4) is 0 Å². The molecule has 0 unspecified atom stereocenters. The monoisotopic (exact) mass is 427 g/mol. The molecule has 0 bridgehead atoms. The maximum absolute atomic E-state index is 12.9. The van der Waals surface area contributed by atoms with Crippen molar-refractivity contribution in [2.75, 3.05) is 19.3 Å². The lowest BCUT2D eigenvalue weighted by molar-refractivity contribution is -0.00591. The minimum Gasteiger partial charge on any atom is -0.486 e. The Morgan fingerprint density at radius 3 is 2.60 bits per heavy atom. The van der Waals surface area contributed by atoms with Crippen molar-refractivity contribution in [3.8, 4) is 5.75 Å². The second-order valence-electron chi connectivity index (χ2n) is 8.12. The number of Topliss-reactive ketones (excluding diaryl/α,β-unsaturated/α-hetero) is 1. The number of aromatic nitrogens is 2. The quantitative estimate of drug-likeness (QED) is 0.810. The Kier molecular flexibility index (Phi) is 5.44. The van der Waals surface area contributed by atoms with Crippen molar-refractivity contribution >= 4 is 23.5 Å². The topological polar surface area (TPSA) is 92.4 Å². The molecule has 2 aromatic rings. The van der Waals surface area contributed by atoms with E-state index >= 15 is 0 Å². The number of benzene rings is 1. The number of ketones is 1. The summed E-state index contributed by atoms with van der Waals surface area (Å²) in [6.07, 6.45) is 3.37. The standard InChI is InChI=1S/C22H25N3O4S/c1-13-8-15-17(26)11-22(29-18(15)9-14(13)2)4-6-25(7-5-22)21(28)16-10-20(27)24-19(23-16)12-30-3/h8-10H,4-7,11-12H2,1-3H3,(H,23,24,27). The number of thioether (sulfide) groups is 1. The Labute approximate surface area is 179 Å². The zero-order valence-electron chi connectivity index (χ0n) is 17.4. The van der Waals surface area contributed by atoms with E-state index in [4.69, 9.17) is 4.74 Å². The molecule has 30 heavy (non-hydrogen) atoms. The molecule has 1 amide bonds. The second-order valence-corrected chi connectivity index (χ2v) is 8.99. The summed E-state index contributed by atoms with van der Waals surface area (Å²) in [5, 5.41) is 0. The fourth-order valence-corrected chi connectivity index (χ4v) is 4.54. The van der Waals surface area contributed by atoms with Gasteiger partial charge < -0.3 is 14.6 Å². The summed E-state index contributed by atoms with van der Waals surface area (Å²) in [4.78, 5) is 46.3. The molecule has 1 aromatic carbocycles. The van der Waals surface area contributed by atoms with Gasteiger partial charge in [-0.1, -0.05) is 0 Å². The normalized spacial score (nSPS) is 17.6. The van der Waals surface area contributed by atoms with Gasteiger partial charge in [0.25, 0.3) is 11.5 Å². The van der Waals surface area contributed by atoms with E-state index in [9.17, 15) is 14.4 Å². The lowest BCUT2D eigenvalue weighted by Gasteiger charge is -2.44. The Hall–Kier alpha value is -2.61. The molecule has 1 fully saturated rings. The molecule has 1 aromatic heterocycles. The number of hydrogen-bond donors (Lipinski definition) is 1. The molecule has 0 radical (unpaired) electrons. The van der Waals surface area contributed by atoms with Crippen LogP contribution in [0, 0.1) is 13.8 Å². The molecule has 4 rings (SSSR count). The molecule has 1 saturated heterocycles. The van der Waals surface area contributed by atoms with Crippen LogP contribution in [0.2, 0.25) is 0 Å².